The molecule has 0 bridgehead atoms. The molecule has 0 atom stereocenters. The Hall–Kier alpha value is -4.52. The molecule has 0 aliphatic rings. The summed E-state index contributed by atoms with van der Waals surface area (Å²) in [6, 6.07) is 21.2. The quantitative estimate of drug-likeness (QED) is 0.354. The van der Waals surface area contributed by atoms with Gasteiger partial charge in [0.25, 0.3) is 0 Å². The highest BCUT2D eigenvalue weighted by Gasteiger charge is 2.10. The first-order valence-electron chi connectivity index (χ1n) is 9.64. The summed E-state index contributed by atoms with van der Waals surface area (Å²) in [5.41, 5.74) is 4.22. The van der Waals surface area contributed by atoms with Crippen LogP contribution in [-0.2, 0) is 4.79 Å². The van der Waals surface area contributed by atoms with E-state index in [1.807, 2.05) is 66.7 Å². The number of aromatic amines is 1. The molecule has 0 saturated carbocycles. The van der Waals surface area contributed by atoms with E-state index >= 15 is 0 Å². The third-order valence-electron chi connectivity index (χ3n) is 4.87. The van der Waals surface area contributed by atoms with E-state index in [4.69, 9.17) is 15.1 Å². The fourth-order valence-corrected chi connectivity index (χ4v) is 3.41. The van der Waals surface area contributed by atoms with E-state index in [2.05, 4.69) is 15.5 Å². The van der Waals surface area contributed by atoms with Crippen LogP contribution in [0.5, 0.6) is 0 Å². The molecule has 5 rings (SSSR count). The number of para-hydroxylation sites is 1. The van der Waals surface area contributed by atoms with Gasteiger partial charge >= 0.3 is 5.97 Å². The number of aliphatic carboxylic acids is 1. The lowest BCUT2D eigenvalue weighted by Gasteiger charge is -2.11. The van der Waals surface area contributed by atoms with Gasteiger partial charge in [-0.15, -0.1) is 0 Å². The van der Waals surface area contributed by atoms with Crippen molar-refractivity contribution in [3.63, 3.8) is 0 Å². The number of anilines is 2. The Kier molecular flexibility index (Phi) is 4.61. The Morgan fingerprint density at radius 2 is 1.90 bits per heavy atom. The second-order valence-electron chi connectivity index (χ2n) is 7.01. The number of aromatic nitrogens is 4. The highest BCUT2D eigenvalue weighted by atomic mass is 16.4. The molecule has 0 unspecified atom stereocenters. The number of carboxylic acid groups (broad SMARTS) is 1. The van der Waals surface area contributed by atoms with Gasteiger partial charge in [-0.2, -0.15) is 5.10 Å². The molecular weight excluding hydrogens is 390 g/mol. The number of benzene rings is 3. The van der Waals surface area contributed by atoms with E-state index in [0.717, 1.165) is 44.7 Å². The molecule has 5 aromatic rings. The van der Waals surface area contributed by atoms with Crippen molar-refractivity contribution >= 4 is 45.4 Å². The largest absolute Gasteiger partial charge is 0.478 e. The van der Waals surface area contributed by atoms with Gasteiger partial charge < -0.3 is 10.4 Å². The minimum Gasteiger partial charge on any atom is -0.478 e. The molecule has 3 N–H and O–H groups in total. The molecule has 0 aliphatic carbocycles. The topological polar surface area (TPSA) is 104 Å². The summed E-state index contributed by atoms with van der Waals surface area (Å²) >= 11 is 0. The lowest BCUT2D eigenvalue weighted by Crippen LogP contribution is -1.99. The summed E-state index contributed by atoms with van der Waals surface area (Å²) in [6.45, 7) is 0. The number of carbonyl (C=O) groups is 1. The van der Waals surface area contributed by atoms with E-state index in [9.17, 15) is 4.79 Å². The number of hydrogen-bond donors (Lipinski definition) is 3. The molecule has 3 aromatic carbocycles. The third-order valence-corrected chi connectivity index (χ3v) is 4.87. The van der Waals surface area contributed by atoms with Crippen molar-refractivity contribution in [2.24, 2.45) is 0 Å². The average Bonchev–Trinajstić information content (AvgIpc) is 3.26. The van der Waals surface area contributed by atoms with E-state index < -0.39 is 5.97 Å². The van der Waals surface area contributed by atoms with E-state index in [-0.39, 0.29) is 0 Å². The van der Waals surface area contributed by atoms with Gasteiger partial charge in [0.1, 0.15) is 5.82 Å². The second-order valence-corrected chi connectivity index (χ2v) is 7.01. The molecule has 0 radical (unpaired) electrons. The van der Waals surface area contributed by atoms with Gasteiger partial charge in [0.2, 0.25) is 0 Å². The summed E-state index contributed by atoms with van der Waals surface area (Å²) in [7, 11) is 0. The zero-order valence-electron chi connectivity index (χ0n) is 16.3. The van der Waals surface area contributed by atoms with Crippen molar-refractivity contribution in [3.8, 4) is 11.4 Å². The van der Waals surface area contributed by atoms with Crippen LogP contribution in [0.25, 0.3) is 39.3 Å². The maximum Gasteiger partial charge on any atom is 0.328 e. The van der Waals surface area contributed by atoms with Gasteiger partial charge in [-0.3, -0.25) is 5.10 Å². The highest BCUT2D eigenvalue weighted by molar-refractivity contribution is 5.93. The van der Waals surface area contributed by atoms with Crippen molar-refractivity contribution in [1.82, 2.24) is 20.2 Å². The molecule has 0 aliphatic heterocycles. The third kappa shape index (κ3) is 3.84. The predicted molar refractivity (Wildman–Crippen MR) is 121 cm³/mol. The van der Waals surface area contributed by atoms with Crippen molar-refractivity contribution in [2.45, 2.75) is 0 Å². The van der Waals surface area contributed by atoms with Crippen LogP contribution in [0, 0.1) is 0 Å². The summed E-state index contributed by atoms with van der Waals surface area (Å²) < 4.78 is 0. The molecule has 2 aromatic heterocycles. The van der Waals surface area contributed by atoms with Crippen LogP contribution < -0.4 is 5.32 Å². The molecule has 150 valence electrons. The number of hydrogen-bond acceptors (Lipinski definition) is 5. The number of fused-ring (bicyclic) bond motifs is 2. The van der Waals surface area contributed by atoms with Gasteiger partial charge in [0.05, 0.1) is 17.2 Å². The molecule has 0 amide bonds. The molecule has 31 heavy (non-hydrogen) atoms. The number of carboxylic acids is 1. The van der Waals surface area contributed by atoms with Crippen LogP contribution in [0.2, 0.25) is 0 Å². The fourth-order valence-electron chi connectivity index (χ4n) is 3.41. The Morgan fingerprint density at radius 3 is 2.81 bits per heavy atom. The van der Waals surface area contributed by atoms with Crippen molar-refractivity contribution < 1.29 is 9.90 Å². The van der Waals surface area contributed by atoms with Crippen LogP contribution in [-0.4, -0.2) is 31.2 Å². The maximum atomic E-state index is 10.8. The number of rotatable bonds is 5. The molecule has 0 fully saturated rings. The van der Waals surface area contributed by atoms with E-state index in [1.54, 1.807) is 12.3 Å². The normalized spacial score (nSPS) is 11.4. The smallest absolute Gasteiger partial charge is 0.328 e. The fraction of sp³-hybridized carbons (Fsp3) is 0. The zero-order chi connectivity index (χ0) is 21.2. The van der Waals surface area contributed by atoms with Crippen LogP contribution in [0.1, 0.15) is 5.56 Å². The first-order chi connectivity index (χ1) is 15.2. The van der Waals surface area contributed by atoms with Gasteiger partial charge in [-0.05, 0) is 48.0 Å². The average molecular weight is 407 g/mol. The standard InChI is InChI=1S/C24H17N5O2/c30-22(31)11-8-15-4-3-5-16(12-15)23-27-21-7-2-1-6-19(21)24(28-23)26-18-9-10-20-17(13-18)14-25-29-20/h1-14H,(H,25,29)(H,30,31)(H,26,27,28)/b11-8+. The van der Waals surface area contributed by atoms with Gasteiger partial charge in [0.15, 0.2) is 5.82 Å². The first kappa shape index (κ1) is 18.5. The first-order valence-corrected chi connectivity index (χ1v) is 9.64. The lowest BCUT2D eigenvalue weighted by atomic mass is 10.1. The summed E-state index contributed by atoms with van der Waals surface area (Å²) in [5, 5.41) is 21.2. The molecule has 0 saturated heterocycles. The van der Waals surface area contributed by atoms with Gasteiger partial charge in [-0.25, -0.2) is 14.8 Å². The minimum absolute atomic E-state index is 0.552. The summed E-state index contributed by atoms with van der Waals surface area (Å²) in [4.78, 5) is 20.3. The summed E-state index contributed by atoms with van der Waals surface area (Å²) in [6.07, 6.45) is 4.44. The van der Waals surface area contributed by atoms with Crippen LogP contribution in [0.15, 0.2) is 79.0 Å². The second kappa shape index (κ2) is 7.72. The Morgan fingerprint density at radius 1 is 1.00 bits per heavy atom. The van der Waals surface area contributed by atoms with Crippen LogP contribution in [0.4, 0.5) is 11.5 Å². The predicted octanol–water partition coefficient (Wildman–Crippen LogP) is 5.01. The number of H-pyrrole nitrogens is 1. The van der Waals surface area contributed by atoms with Crippen molar-refractivity contribution in [1.29, 1.82) is 0 Å². The van der Waals surface area contributed by atoms with Gasteiger partial charge in [0, 0.05) is 28.1 Å². The molecule has 7 heteroatoms. The minimum atomic E-state index is -0.992. The number of nitrogens with zero attached hydrogens (tertiary/aromatic N) is 3. The van der Waals surface area contributed by atoms with Crippen LogP contribution >= 0.6 is 0 Å². The molecule has 2 heterocycles. The lowest BCUT2D eigenvalue weighted by molar-refractivity contribution is -0.131. The molecular formula is C24H17N5O2. The van der Waals surface area contributed by atoms with Crippen LogP contribution in [0.3, 0.4) is 0 Å². The monoisotopic (exact) mass is 407 g/mol. The van der Waals surface area contributed by atoms with E-state index in [0.29, 0.717) is 11.6 Å². The Balaban J connectivity index is 1.59. The van der Waals surface area contributed by atoms with Crippen molar-refractivity contribution in [2.75, 3.05) is 5.32 Å². The van der Waals surface area contributed by atoms with Gasteiger partial charge in [-0.1, -0.05) is 30.3 Å². The Bertz CT molecular complexity index is 1460. The highest BCUT2D eigenvalue weighted by Crippen LogP contribution is 2.28. The molecule has 0 spiro atoms. The molecule has 7 nitrogen and oxygen atoms in total. The SMILES string of the molecule is O=C(O)/C=C/c1cccc(-c2nc(Nc3ccc4[nH]ncc4c3)c3ccccc3n2)c1. The maximum absolute atomic E-state index is 10.8. The number of nitrogens with one attached hydrogen (secondary N) is 2. The zero-order valence-corrected chi connectivity index (χ0v) is 16.3. The van der Waals surface area contributed by atoms with E-state index in [1.165, 1.54) is 0 Å². The Labute approximate surface area is 177 Å². The van der Waals surface area contributed by atoms with Crippen molar-refractivity contribution in [3.05, 3.63) is 84.6 Å². The summed E-state index contributed by atoms with van der Waals surface area (Å²) in [5.74, 6) is 0.250.